The van der Waals surface area contributed by atoms with Crippen LogP contribution < -0.4 is 5.32 Å². The van der Waals surface area contributed by atoms with Crippen LogP contribution in [0.4, 0.5) is 5.69 Å². The van der Waals surface area contributed by atoms with Gasteiger partial charge in [0.15, 0.2) is 0 Å². The Labute approximate surface area is 116 Å². The van der Waals surface area contributed by atoms with Crippen molar-refractivity contribution in [1.29, 1.82) is 0 Å². The van der Waals surface area contributed by atoms with Gasteiger partial charge in [-0.15, -0.1) is 11.3 Å². The number of nitrogens with one attached hydrogen (secondary N) is 1. The molecule has 0 aliphatic heterocycles. The molecule has 0 aliphatic rings. The molecule has 98 valence electrons. The van der Waals surface area contributed by atoms with Gasteiger partial charge in [-0.1, -0.05) is 0 Å². The summed E-state index contributed by atoms with van der Waals surface area (Å²) in [5.41, 5.74) is 5.25. The molecule has 0 radical (unpaired) electrons. The molecule has 0 bridgehead atoms. The molecule has 3 aromatic rings. The molecule has 0 spiro atoms. The smallest absolute Gasteiger partial charge is 0.0813 e. The fourth-order valence-electron chi connectivity index (χ4n) is 2.05. The first-order chi connectivity index (χ1) is 9.26. The number of nitrogens with zero attached hydrogens (tertiary/aromatic N) is 3. The molecule has 0 saturated carbocycles. The Morgan fingerprint density at radius 1 is 1.42 bits per heavy atom. The van der Waals surface area contributed by atoms with Crippen molar-refractivity contribution in [2.45, 2.75) is 26.4 Å². The molecular weight excluding hydrogens is 256 g/mol. The second kappa shape index (κ2) is 5.01. The number of hydrogen-bond donors (Lipinski definition) is 1. The van der Waals surface area contributed by atoms with Crippen molar-refractivity contribution < 1.29 is 0 Å². The highest BCUT2D eigenvalue weighted by molar-refractivity contribution is 7.16. The van der Waals surface area contributed by atoms with Crippen molar-refractivity contribution in [1.82, 2.24) is 14.8 Å². The molecule has 5 heteroatoms. The first kappa shape index (κ1) is 12.2. The van der Waals surface area contributed by atoms with E-state index in [0.29, 0.717) is 0 Å². The van der Waals surface area contributed by atoms with Crippen LogP contribution in [-0.4, -0.2) is 14.8 Å². The van der Waals surface area contributed by atoms with Gasteiger partial charge >= 0.3 is 0 Å². The van der Waals surface area contributed by atoms with Crippen LogP contribution in [0.3, 0.4) is 0 Å². The number of anilines is 1. The molecular formula is C14H16N4S. The van der Waals surface area contributed by atoms with Gasteiger partial charge in [-0.2, -0.15) is 5.10 Å². The number of hydrogen-bond acceptors (Lipinski definition) is 4. The van der Waals surface area contributed by atoms with Gasteiger partial charge in [0.2, 0.25) is 0 Å². The third-order valence-corrected chi connectivity index (χ3v) is 3.98. The van der Waals surface area contributed by atoms with Gasteiger partial charge in [0.05, 0.1) is 28.0 Å². The first-order valence-corrected chi connectivity index (χ1v) is 7.26. The third kappa shape index (κ3) is 2.46. The summed E-state index contributed by atoms with van der Waals surface area (Å²) < 4.78 is 3.15. The zero-order valence-corrected chi connectivity index (χ0v) is 11.8. The van der Waals surface area contributed by atoms with Crippen molar-refractivity contribution in [2.24, 2.45) is 0 Å². The second-order valence-corrected chi connectivity index (χ2v) is 5.42. The summed E-state index contributed by atoms with van der Waals surface area (Å²) in [4.78, 5) is 4.29. The maximum absolute atomic E-state index is 4.31. The lowest BCUT2D eigenvalue weighted by atomic mass is 10.2. The monoisotopic (exact) mass is 272 g/mol. The molecule has 3 rings (SSSR count). The standard InChI is InChI=1S/C14H16N4S/c1-3-18-8-11(7-16-18)10(2)17-12-4-5-13-14(6-12)19-9-15-13/h4-10,17H,3H2,1-2H3. The predicted octanol–water partition coefficient (Wildman–Crippen LogP) is 3.69. The maximum Gasteiger partial charge on any atom is 0.0813 e. The summed E-state index contributed by atoms with van der Waals surface area (Å²) >= 11 is 1.66. The van der Waals surface area contributed by atoms with Gasteiger partial charge in [-0.25, -0.2) is 4.98 Å². The quantitative estimate of drug-likeness (QED) is 0.787. The molecule has 0 amide bonds. The van der Waals surface area contributed by atoms with Gasteiger partial charge in [-0.3, -0.25) is 4.68 Å². The van der Waals surface area contributed by atoms with Crippen molar-refractivity contribution >= 4 is 27.2 Å². The van der Waals surface area contributed by atoms with E-state index in [1.54, 1.807) is 11.3 Å². The van der Waals surface area contributed by atoms with Crippen LogP contribution in [0.2, 0.25) is 0 Å². The van der Waals surface area contributed by atoms with Crippen LogP contribution in [0.1, 0.15) is 25.5 Å². The Hall–Kier alpha value is -1.88. The third-order valence-electron chi connectivity index (χ3n) is 3.19. The number of rotatable bonds is 4. The highest BCUT2D eigenvalue weighted by Gasteiger charge is 2.08. The number of thiazole rings is 1. The van der Waals surface area contributed by atoms with Crippen molar-refractivity contribution in [3.63, 3.8) is 0 Å². The summed E-state index contributed by atoms with van der Waals surface area (Å²) in [5.74, 6) is 0. The number of aromatic nitrogens is 3. The minimum Gasteiger partial charge on any atom is -0.378 e. The summed E-state index contributed by atoms with van der Waals surface area (Å²) in [6, 6.07) is 6.51. The van der Waals surface area contributed by atoms with Gasteiger partial charge in [0.1, 0.15) is 0 Å². The van der Waals surface area contributed by atoms with Crippen LogP contribution in [0.5, 0.6) is 0 Å². The zero-order chi connectivity index (χ0) is 13.2. The van der Waals surface area contributed by atoms with E-state index in [4.69, 9.17) is 0 Å². The lowest BCUT2D eigenvalue weighted by Crippen LogP contribution is -2.05. The van der Waals surface area contributed by atoms with Crippen LogP contribution in [-0.2, 0) is 6.54 Å². The molecule has 0 fully saturated rings. The Morgan fingerprint density at radius 3 is 3.11 bits per heavy atom. The largest absolute Gasteiger partial charge is 0.378 e. The highest BCUT2D eigenvalue weighted by atomic mass is 32.1. The Kier molecular flexibility index (Phi) is 3.21. The van der Waals surface area contributed by atoms with Gasteiger partial charge in [0.25, 0.3) is 0 Å². The summed E-state index contributed by atoms with van der Waals surface area (Å²) in [6.07, 6.45) is 4.01. The highest BCUT2D eigenvalue weighted by Crippen LogP contribution is 2.24. The normalized spacial score (nSPS) is 12.7. The van der Waals surface area contributed by atoms with Crippen LogP contribution in [0.25, 0.3) is 10.2 Å². The maximum atomic E-state index is 4.31. The SMILES string of the molecule is CCn1cc(C(C)Nc2ccc3ncsc3c2)cn1. The molecule has 0 aliphatic carbocycles. The van der Waals surface area contributed by atoms with Crippen molar-refractivity contribution in [2.75, 3.05) is 5.32 Å². The fourth-order valence-corrected chi connectivity index (χ4v) is 2.77. The average Bonchev–Trinajstić information content (AvgIpc) is 3.06. The Bertz CT molecular complexity index is 685. The Morgan fingerprint density at radius 2 is 2.32 bits per heavy atom. The average molecular weight is 272 g/mol. The molecule has 1 aromatic carbocycles. The number of aryl methyl sites for hydroxylation is 1. The number of benzene rings is 1. The second-order valence-electron chi connectivity index (χ2n) is 4.53. The molecule has 0 saturated heterocycles. The van der Waals surface area contributed by atoms with E-state index >= 15 is 0 Å². The predicted molar refractivity (Wildman–Crippen MR) is 79.6 cm³/mol. The molecule has 1 atom stereocenters. The lowest BCUT2D eigenvalue weighted by molar-refractivity contribution is 0.658. The molecule has 19 heavy (non-hydrogen) atoms. The molecule has 1 N–H and O–H groups in total. The van der Waals surface area contributed by atoms with Gasteiger partial charge in [0, 0.05) is 24.0 Å². The first-order valence-electron chi connectivity index (χ1n) is 6.38. The van der Waals surface area contributed by atoms with Crippen molar-refractivity contribution in [3.8, 4) is 0 Å². The van der Waals surface area contributed by atoms with Crippen LogP contribution >= 0.6 is 11.3 Å². The lowest BCUT2D eigenvalue weighted by Gasteiger charge is -2.13. The number of fused-ring (bicyclic) bond motifs is 1. The molecule has 2 heterocycles. The van der Waals surface area contributed by atoms with Crippen molar-refractivity contribution in [3.05, 3.63) is 41.7 Å². The topological polar surface area (TPSA) is 42.7 Å². The fraction of sp³-hybridized carbons (Fsp3) is 0.286. The van der Waals surface area contributed by atoms with Crippen LogP contribution in [0, 0.1) is 0 Å². The zero-order valence-electron chi connectivity index (χ0n) is 11.0. The van der Waals surface area contributed by atoms with E-state index < -0.39 is 0 Å². The van der Waals surface area contributed by atoms with Crippen LogP contribution in [0.15, 0.2) is 36.1 Å². The summed E-state index contributed by atoms with van der Waals surface area (Å²) in [5, 5.41) is 7.81. The molecule has 4 nitrogen and oxygen atoms in total. The minimum atomic E-state index is 0.241. The van der Waals surface area contributed by atoms with E-state index in [1.807, 2.05) is 16.4 Å². The van der Waals surface area contributed by atoms with Gasteiger partial charge in [-0.05, 0) is 32.0 Å². The van der Waals surface area contributed by atoms with E-state index in [2.05, 4.69) is 53.6 Å². The van der Waals surface area contributed by atoms with E-state index in [0.717, 1.165) is 17.7 Å². The van der Waals surface area contributed by atoms with E-state index in [-0.39, 0.29) is 6.04 Å². The van der Waals surface area contributed by atoms with E-state index in [9.17, 15) is 0 Å². The minimum absolute atomic E-state index is 0.241. The van der Waals surface area contributed by atoms with E-state index in [1.165, 1.54) is 10.3 Å². The van der Waals surface area contributed by atoms with Gasteiger partial charge < -0.3 is 5.32 Å². The Balaban J connectivity index is 1.79. The molecule has 2 aromatic heterocycles. The molecule has 1 unspecified atom stereocenters. The summed E-state index contributed by atoms with van der Waals surface area (Å²) in [7, 11) is 0. The summed E-state index contributed by atoms with van der Waals surface area (Å²) in [6.45, 7) is 5.14.